The third-order valence-corrected chi connectivity index (χ3v) is 6.54. The smallest absolute Gasteiger partial charge is 0.340 e. The Bertz CT molecular complexity index is 1020. The molecule has 2 aromatic rings. The summed E-state index contributed by atoms with van der Waals surface area (Å²) in [7, 11) is -3.14. The van der Waals surface area contributed by atoms with Crippen LogP contribution in [0.2, 0.25) is 0 Å². The predicted octanol–water partition coefficient (Wildman–Crippen LogP) is 4.09. The van der Waals surface area contributed by atoms with Crippen molar-refractivity contribution in [3.05, 3.63) is 57.1 Å². The molecule has 0 atom stereocenters. The molecule has 0 saturated carbocycles. The molecule has 27 heavy (non-hydrogen) atoms. The minimum absolute atomic E-state index is 0.0337. The van der Waals surface area contributed by atoms with E-state index in [0.717, 1.165) is 29.9 Å². The number of carbonyl (C=O) groups excluding carboxylic acids is 1. The summed E-state index contributed by atoms with van der Waals surface area (Å²) in [6.45, 7) is 8.86. The first-order valence-corrected chi connectivity index (χ1v) is 9.57. The molecule has 2 rings (SSSR count). The zero-order chi connectivity index (χ0) is 20.7. The molecule has 8 heteroatoms. The van der Waals surface area contributed by atoms with Crippen LogP contribution in [0.15, 0.2) is 17.0 Å². The van der Waals surface area contributed by atoms with Crippen LogP contribution in [0, 0.1) is 46.3 Å². The summed E-state index contributed by atoms with van der Waals surface area (Å²) in [6, 6.07) is 1.22. The molecule has 0 aliphatic carbocycles. The van der Waals surface area contributed by atoms with E-state index < -0.39 is 38.9 Å². The predicted molar refractivity (Wildman–Crippen MR) is 98.6 cm³/mol. The molecule has 0 fully saturated rings. The van der Waals surface area contributed by atoms with Crippen LogP contribution >= 0.6 is 0 Å². The molecule has 2 aromatic carbocycles. The number of anilines is 1. The number of hydrogen-bond donors (Lipinski definition) is 1. The molecule has 5 nitrogen and oxygen atoms in total. The Morgan fingerprint density at radius 1 is 0.889 bits per heavy atom. The number of esters is 1. The molecule has 1 N–H and O–H groups in total. The summed E-state index contributed by atoms with van der Waals surface area (Å²) >= 11 is 0. The Morgan fingerprint density at radius 2 is 1.37 bits per heavy atom. The SMILES string of the molecule is COC(=O)c1cc(NS(=O)(=O)c2c(C)c(C)c(C)c(C)c2C)c(F)cc1F. The highest BCUT2D eigenvalue weighted by molar-refractivity contribution is 7.92. The van der Waals surface area contributed by atoms with Crippen LogP contribution in [-0.4, -0.2) is 21.5 Å². The third kappa shape index (κ3) is 3.66. The van der Waals surface area contributed by atoms with E-state index in [1.54, 1.807) is 13.8 Å². The Balaban J connectivity index is 2.64. The molecule has 0 spiro atoms. The summed E-state index contributed by atoms with van der Waals surface area (Å²) < 4.78 is 60.4. The number of hydrogen-bond acceptors (Lipinski definition) is 4. The fourth-order valence-electron chi connectivity index (χ4n) is 2.96. The molecule has 146 valence electrons. The fourth-order valence-corrected chi connectivity index (χ4v) is 4.62. The van der Waals surface area contributed by atoms with Crippen LogP contribution in [0.3, 0.4) is 0 Å². The van der Waals surface area contributed by atoms with E-state index in [1.165, 1.54) is 0 Å². The summed E-state index contributed by atoms with van der Waals surface area (Å²) in [5.41, 5.74) is 2.58. The van der Waals surface area contributed by atoms with Crippen LogP contribution in [0.5, 0.6) is 0 Å². The number of ether oxygens (including phenoxy) is 1. The molecule has 0 radical (unpaired) electrons. The van der Waals surface area contributed by atoms with Gasteiger partial charge in [-0.3, -0.25) is 4.72 Å². The second kappa shape index (κ2) is 7.26. The fraction of sp³-hybridized carbons (Fsp3) is 0.316. The minimum Gasteiger partial charge on any atom is -0.465 e. The van der Waals surface area contributed by atoms with Gasteiger partial charge in [-0.05, 0) is 68.5 Å². The normalized spacial score (nSPS) is 11.4. The second-order valence-corrected chi connectivity index (χ2v) is 7.98. The average molecular weight is 397 g/mol. The summed E-state index contributed by atoms with van der Waals surface area (Å²) in [5.74, 6) is -3.32. The lowest BCUT2D eigenvalue weighted by Gasteiger charge is -2.19. The number of carbonyl (C=O) groups is 1. The van der Waals surface area contributed by atoms with E-state index in [0.29, 0.717) is 17.2 Å². The highest BCUT2D eigenvalue weighted by atomic mass is 32.2. The van der Waals surface area contributed by atoms with E-state index >= 15 is 0 Å². The first-order chi connectivity index (χ1) is 12.4. The van der Waals surface area contributed by atoms with E-state index in [2.05, 4.69) is 9.46 Å². The van der Waals surface area contributed by atoms with Gasteiger partial charge in [-0.1, -0.05) is 0 Å². The Labute approximate surface area is 157 Å². The number of rotatable bonds is 4. The van der Waals surface area contributed by atoms with Gasteiger partial charge in [-0.25, -0.2) is 22.0 Å². The number of benzene rings is 2. The first kappa shape index (κ1) is 20.8. The van der Waals surface area contributed by atoms with Crippen LogP contribution in [-0.2, 0) is 14.8 Å². The number of halogens is 2. The maximum atomic E-state index is 14.1. The van der Waals surface area contributed by atoms with Gasteiger partial charge in [-0.15, -0.1) is 0 Å². The molecule has 0 heterocycles. The highest BCUT2D eigenvalue weighted by Crippen LogP contribution is 2.31. The summed E-state index contributed by atoms with van der Waals surface area (Å²) in [5, 5.41) is 0. The van der Waals surface area contributed by atoms with Crippen molar-refractivity contribution in [1.29, 1.82) is 0 Å². The van der Waals surface area contributed by atoms with Crippen LogP contribution in [0.25, 0.3) is 0 Å². The Kier molecular flexibility index (Phi) is 5.60. The zero-order valence-corrected chi connectivity index (χ0v) is 16.8. The van der Waals surface area contributed by atoms with Crippen molar-refractivity contribution < 1.29 is 26.7 Å². The zero-order valence-electron chi connectivity index (χ0n) is 16.0. The number of methoxy groups -OCH3 is 1. The lowest BCUT2D eigenvalue weighted by Crippen LogP contribution is -2.19. The largest absolute Gasteiger partial charge is 0.465 e. The lowest BCUT2D eigenvalue weighted by molar-refractivity contribution is 0.0595. The first-order valence-electron chi connectivity index (χ1n) is 8.09. The van der Waals surface area contributed by atoms with Crippen molar-refractivity contribution in [3.8, 4) is 0 Å². The molecular formula is C19H21F2NO4S. The molecule has 0 aromatic heterocycles. The molecule has 0 aliphatic rings. The quantitative estimate of drug-likeness (QED) is 0.789. The van der Waals surface area contributed by atoms with Gasteiger partial charge < -0.3 is 4.74 Å². The van der Waals surface area contributed by atoms with Crippen LogP contribution in [0.1, 0.15) is 38.2 Å². The van der Waals surface area contributed by atoms with Crippen molar-refractivity contribution in [3.63, 3.8) is 0 Å². The van der Waals surface area contributed by atoms with Gasteiger partial charge in [0, 0.05) is 6.07 Å². The topological polar surface area (TPSA) is 72.5 Å². The van der Waals surface area contributed by atoms with Gasteiger partial charge in [0.15, 0.2) is 0 Å². The van der Waals surface area contributed by atoms with Gasteiger partial charge >= 0.3 is 5.97 Å². The Hall–Kier alpha value is -2.48. The minimum atomic E-state index is -4.19. The van der Waals surface area contributed by atoms with Crippen molar-refractivity contribution >= 4 is 21.7 Å². The molecule has 0 unspecified atom stereocenters. The van der Waals surface area contributed by atoms with Crippen molar-refractivity contribution in [2.24, 2.45) is 0 Å². The molecular weight excluding hydrogens is 376 g/mol. The molecule has 0 saturated heterocycles. The highest BCUT2D eigenvalue weighted by Gasteiger charge is 2.26. The second-order valence-electron chi connectivity index (χ2n) is 6.36. The van der Waals surface area contributed by atoms with Crippen molar-refractivity contribution in [1.82, 2.24) is 0 Å². The number of nitrogens with one attached hydrogen (secondary N) is 1. The van der Waals surface area contributed by atoms with Crippen molar-refractivity contribution in [2.45, 2.75) is 39.5 Å². The molecule has 0 amide bonds. The van der Waals surface area contributed by atoms with E-state index in [-0.39, 0.29) is 4.90 Å². The van der Waals surface area contributed by atoms with Gasteiger partial charge in [0.1, 0.15) is 11.6 Å². The maximum Gasteiger partial charge on any atom is 0.340 e. The lowest BCUT2D eigenvalue weighted by atomic mass is 9.95. The van der Waals surface area contributed by atoms with Crippen molar-refractivity contribution in [2.75, 3.05) is 11.8 Å². The monoisotopic (exact) mass is 397 g/mol. The van der Waals surface area contributed by atoms with E-state index in [9.17, 15) is 22.0 Å². The third-order valence-electron chi connectivity index (χ3n) is 4.91. The Morgan fingerprint density at radius 3 is 1.85 bits per heavy atom. The molecule has 0 aliphatic heterocycles. The molecule has 0 bridgehead atoms. The average Bonchev–Trinajstić information content (AvgIpc) is 2.59. The van der Waals surface area contributed by atoms with Gasteiger partial charge in [0.2, 0.25) is 0 Å². The van der Waals surface area contributed by atoms with Crippen LogP contribution in [0.4, 0.5) is 14.5 Å². The number of sulfonamides is 1. The summed E-state index contributed by atoms with van der Waals surface area (Å²) in [6.07, 6.45) is 0. The van der Waals surface area contributed by atoms with Gasteiger partial charge in [0.05, 0.1) is 23.3 Å². The van der Waals surface area contributed by atoms with Gasteiger partial charge in [-0.2, -0.15) is 0 Å². The van der Waals surface area contributed by atoms with Crippen LogP contribution < -0.4 is 4.72 Å². The van der Waals surface area contributed by atoms with E-state index in [4.69, 9.17) is 0 Å². The van der Waals surface area contributed by atoms with E-state index in [1.807, 2.05) is 20.8 Å². The maximum absolute atomic E-state index is 14.1. The standard InChI is InChI=1S/C19H21F2NO4S/c1-9-10(2)12(4)18(13(5)11(9)3)27(24,25)22-17-7-14(19(23)26-6)15(20)8-16(17)21/h7-8,22H,1-6H3. The van der Waals surface area contributed by atoms with Gasteiger partial charge in [0.25, 0.3) is 10.0 Å². The summed E-state index contributed by atoms with van der Waals surface area (Å²) in [4.78, 5) is 11.6.